The average Bonchev–Trinajstić information content (AvgIpc) is 2.85. The lowest BCUT2D eigenvalue weighted by Gasteiger charge is -2.14. The molecule has 0 aliphatic rings. The van der Waals surface area contributed by atoms with Crippen molar-refractivity contribution in [3.05, 3.63) is 35.2 Å². The summed E-state index contributed by atoms with van der Waals surface area (Å²) < 4.78 is 5.64. The third kappa shape index (κ3) is 3.09. The third-order valence-corrected chi connectivity index (χ3v) is 3.06. The van der Waals surface area contributed by atoms with Gasteiger partial charge in [0.2, 0.25) is 11.8 Å². The minimum atomic E-state index is 0.536. The molecule has 0 aliphatic carbocycles. The number of hydrogen-bond acceptors (Lipinski definition) is 4. The summed E-state index contributed by atoms with van der Waals surface area (Å²) in [5.41, 5.74) is 0.887. The van der Waals surface area contributed by atoms with E-state index in [2.05, 4.69) is 28.9 Å². The molecule has 4 nitrogen and oxygen atoms in total. The van der Waals surface area contributed by atoms with Crippen LogP contribution in [0.1, 0.15) is 19.7 Å². The molecule has 1 aromatic carbocycles. The Morgan fingerprint density at radius 1 is 1.11 bits per heavy atom. The van der Waals surface area contributed by atoms with E-state index >= 15 is 0 Å². The van der Waals surface area contributed by atoms with Gasteiger partial charge in [-0.3, -0.25) is 4.90 Å². The summed E-state index contributed by atoms with van der Waals surface area (Å²) in [7, 11) is 0. The Kier molecular flexibility index (Phi) is 4.33. The van der Waals surface area contributed by atoms with Gasteiger partial charge in [0.25, 0.3) is 0 Å². The van der Waals surface area contributed by atoms with Crippen LogP contribution >= 0.6 is 11.6 Å². The van der Waals surface area contributed by atoms with Crippen LogP contribution in [0.15, 0.2) is 28.7 Å². The van der Waals surface area contributed by atoms with Gasteiger partial charge in [-0.1, -0.05) is 25.4 Å². The molecule has 0 amide bonds. The van der Waals surface area contributed by atoms with Crippen molar-refractivity contribution in [2.45, 2.75) is 20.4 Å². The van der Waals surface area contributed by atoms with Gasteiger partial charge in [0.05, 0.1) is 6.54 Å². The van der Waals surface area contributed by atoms with Gasteiger partial charge in [-0.05, 0) is 37.4 Å². The topological polar surface area (TPSA) is 42.2 Å². The summed E-state index contributed by atoms with van der Waals surface area (Å²) in [4.78, 5) is 2.22. The molecule has 2 aromatic rings. The van der Waals surface area contributed by atoms with E-state index in [0.29, 0.717) is 23.3 Å². The zero-order chi connectivity index (χ0) is 13.0. The van der Waals surface area contributed by atoms with Crippen LogP contribution in [0.4, 0.5) is 0 Å². The maximum atomic E-state index is 5.84. The summed E-state index contributed by atoms with van der Waals surface area (Å²) in [5, 5.41) is 8.81. The molecule has 5 heteroatoms. The van der Waals surface area contributed by atoms with Crippen molar-refractivity contribution >= 4 is 11.6 Å². The summed E-state index contributed by atoms with van der Waals surface area (Å²) >= 11 is 5.84. The lowest BCUT2D eigenvalue weighted by molar-refractivity contribution is 0.264. The van der Waals surface area contributed by atoms with E-state index in [1.807, 2.05) is 24.3 Å². The molecule has 0 bridgehead atoms. The van der Waals surface area contributed by atoms with Crippen molar-refractivity contribution in [1.29, 1.82) is 0 Å². The minimum Gasteiger partial charge on any atom is -0.419 e. The summed E-state index contributed by atoms with van der Waals surface area (Å²) in [6.07, 6.45) is 0. The fourth-order valence-corrected chi connectivity index (χ4v) is 1.79. The predicted molar refractivity (Wildman–Crippen MR) is 71.4 cm³/mol. The molecule has 0 unspecified atom stereocenters. The normalized spacial score (nSPS) is 11.1. The lowest BCUT2D eigenvalue weighted by atomic mass is 10.2. The molecule has 2 rings (SSSR count). The number of benzene rings is 1. The third-order valence-electron chi connectivity index (χ3n) is 2.81. The molecular weight excluding hydrogens is 250 g/mol. The summed E-state index contributed by atoms with van der Waals surface area (Å²) in [6.45, 7) is 6.85. The van der Waals surface area contributed by atoms with Gasteiger partial charge in [-0.15, -0.1) is 10.2 Å². The fraction of sp³-hybridized carbons (Fsp3) is 0.385. The molecule has 0 aliphatic heterocycles. The van der Waals surface area contributed by atoms with Gasteiger partial charge in [0.15, 0.2) is 0 Å². The highest BCUT2D eigenvalue weighted by atomic mass is 35.5. The second-order valence-electron chi connectivity index (χ2n) is 3.97. The second kappa shape index (κ2) is 5.98. The Morgan fingerprint density at radius 2 is 1.78 bits per heavy atom. The summed E-state index contributed by atoms with van der Waals surface area (Å²) in [6, 6.07) is 7.37. The molecule has 0 N–H and O–H groups in total. The van der Waals surface area contributed by atoms with Gasteiger partial charge in [0, 0.05) is 10.6 Å². The van der Waals surface area contributed by atoms with E-state index in [1.165, 1.54) is 0 Å². The number of hydrogen-bond donors (Lipinski definition) is 0. The largest absolute Gasteiger partial charge is 0.419 e. The standard InChI is InChI=1S/C13H16ClN3O/c1-3-17(4-2)9-12-15-16-13(18-12)10-5-7-11(14)8-6-10/h5-8H,3-4,9H2,1-2H3. The molecule has 96 valence electrons. The molecule has 0 radical (unpaired) electrons. The fourth-order valence-electron chi connectivity index (χ4n) is 1.67. The smallest absolute Gasteiger partial charge is 0.247 e. The van der Waals surface area contributed by atoms with E-state index in [0.717, 1.165) is 18.7 Å². The van der Waals surface area contributed by atoms with Crippen LogP contribution in [0.2, 0.25) is 5.02 Å². The second-order valence-corrected chi connectivity index (χ2v) is 4.41. The van der Waals surface area contributed by atoms with E-state index in [4.69, 9.17) is 16.0 Å². The van der Waals surface area contributed by atoms with Crippen LogP contribution < -0.4 is 0 Å². The van der Waals surface area contributed by atoms with Crippen LogP contribution in [-0.2, 0) is 6.54 Å². The van der Waals surface area contributed by atoms with E-state index < -0.39 is 0 Å². The molecule has 0 spiro atoms. The minimum absolute atomic E-state index is 0.536. The van der Waals surface area contributed by atoms with Crippen molar-refractivity contribution in [2.75, 3.05) is 13.1 Å². The monoisotopic (exact) mass is 265 g/mol. The first kappa shape index (κ1) is 13.1. The van der Waals surface area contributed by atoms with Gasteiger partial charge < -0.3 is 4.42 Å². The van der Waals surface area contributed by atoms with E-state index in [1.54, 1.807) is 0 Å². The van der Waals surface area contributed by atoms with Crippen molar-refractivity contribution in [1.82, 2.24) is 15.1 Å². The average molecular weight is 266 g/mol. The zero-order valence-electron chi connectivity index (χ0n) is 10.6. The highest BCUT2D eigenvalue weighted by Gasteiger charge is 2.10. The zero-order valence-corrected chi connectivity index (χ0v) is 11.3. The van der Waals surface area contributed by atoms with Crippen molar-refractivity contribution in [2.24, 2.45) is 0 Å². The van der Waals surface area contributed by atoms with Crippen LogP contribution in [0, 0.1) is 0 Å². The van der Waals surface area contributed by atoms with E-state index in [9.17, 15) is 0 Å². The van der Waals surface area contributed by atoms with Crippen LogP contribution in [0.25, 0.3) is 11.5 Å². The maximum Gasteiger partial charge on any atom is 0.247 e. The molecular formula is C13H16ClN3O. The number of nitrogens with zero attached hydrogens (tertiary/aromatic N) is 3. The Hall–Kier alpha value is -1.39. The molecule has 0 saturated heterocycles. The highest BCUT2D eigenvalue weighted by Crippen LogP contribution is 2.20. The van der Waals surface area contributed by atoms with Gasteiger partial charge in [-0.2, -0.15) is 0 Å². The van der Waals surface area contributed by atoms with Gasteiger partial charge in [-0.25, -0.2) is 0 Å². The maximum absolute atomic E-state index is 5.84. The van der Waals surface area contributed by atoms with Crippen molar-refractivity contribution < 1.29 is 4.42 Å². The Bertz CT molecular complexity index is 491. The van der Waals surface area contributed by atoms with Gasteiger partial charge in [0.1, 0.15) is 0 Å². The van der Waals surface area contributed by atoms with Crippen LogP contribution in [0.5, 0.6) is 0 Å². The predicted octanol–water partition coefficient (Wildman–Crippen LogP) is 3.23. The first-order valence-corrected chi connectivity index (χ1v) is 6.41. The molecule has 0 atom stereocenters. The van der Waals surface area contributed by atoms with Gasteiger partial charge >= 0.3 is 0 Å². The molecule has 1 aromatic heterocycles. The Labute approximate surface area is 112 Å². The Morgan fingerprint density at radius 3 is 2.39 bits per heavy atom. The van der Waals surface area contributed by atoms with Crippen molar-refractivity contribution in [3.63, 3.8) is 0 Å². The van der Waals surface area contributed by atoms with Crippen molar-refractivity contribution in [3.8, 4) is 11.5 Å². The Balaban J connectivity index is 2.12. The first-order valence-electron chi connectivity index (χ1n) is 6.03. The van der Waals surface area contributed by atoms with E-state index in [-0.39, 0.29) is 0 Å². The molecule has 0 saturated carbocycles. The van der Waals surface area contributed by atoms with Crippen LogP contribution in [-0.4, -0.2) is 28.2 Å². The molecule has 18 heavy (non-hydrogen) atoms. The number of halogens is 1. The summed E-state index contributed by atoms with van der Waals surface area (Å²) in [5.74, 6) is 1.18. The lowest BCUT2D eigenvalue weighted by Crippen LogP contribution is -2.22. The SMILES string of the molecule is CCN(CC)Cc1nnc(-c2ccc(Cl)cc2)o1. The molecule has 1 heterocycles. The van der Waals surface area contributed by atoms with Crippen LogP contribution in [0.3, 0.4) is 0 Å². The molecule has 0 fully saturated rings. The quantitative estimate of drug-likeness (QED) is 0.832. The number of aromatic nitrogens is 2. The first-order chi connectivity index (χ1) is 8.72. The number of rotatable bonds is 5. The highest BCUT2D eigenvalue weighted by molar-refractivity contribution is 6.30.